The number of hydrogen-bond acceptors (Lipinski definition) is 6. The molecule has 1 aromatic heterocycles. The highest BCUT2D eigenvalue weighted by Gasteiger charge is 2.19. The predicted molar refractivity (Wildman–Crippen MR) is 54.9 cm³/mol. The molecule has 5 nitrogen and oxygen atoms in total. The van der Waals surface area contributed by atoms with Gasteiger partial charge in [-0.3, -0.25) is 4.79 Å². The topological polar surface area (TPSA) is 68.3 Å². The quantitative estimate of drug-likeness (QED) is 0.715. The highest BCUT2D eigenvalue weighted by Crippen LogP contribution is 2.30. The highest BCUT2D eigenvalue weighted by atomic mass is 32.2. The van der Waals surface area contributed by atoms with E-state index in [1.54, 1.807) is 6.07 Å². The molecule has 1 aliphatic heterocycles. The summed E-state index contributed by atoms with van der Waals surface area (Å²) in [5.74, 6) is -0.436. The Morgan fingerprint density at radius 1 is 1.67 bits per heavy atom. The van der Waals surface area contributed by atoms with Crippen molar-refractivity contribution in [3.63, 3.8) is 0 Å². The molecular formula is C9H8N2O3S. The molecular weight excluding hydrogens is 216 g/mol. The van der Waals surface area contributed by atoms with E-state index in [-0.39, 0.29) is 11.7 Å². The summed E-state index contributed by atoms with van der Waals surface area (Å²) in [7, 11) is 1.31. The van der Waals surface area contributed by atoms with Crippen LogP contribution in [0, 0.1) is 0 Å². The van der Waals surface area contributed by atoms with Crippen LogP contribution in [0.15, 0.2) is 17.3 Å². The van der Waals surface area contributed by atoms with Crippen LogP contribution < -0.4 is 5.32 Å². The summed E-state index contributed by atoms with van der Waals surface area (Å²) < 4.78 is 4.57. The number of fused-ring (bicyclic) bond motifs is 1. The van der Waals surface area contributed by atoms with Crippen LogP contribution >= 0.6 is 11.8 Å². The van der Waals surface area contributed by atoms with Crippen LogP contribution in [0.1, 0.15) is 10.4 Å². The lowest BCUT2D eigenvalue weighted by Crippen LogP contribution is -2.17. The lowest BCUT2D eigenvalue weighted by atomic mass is 10.2. The minimum Gasteiger partial charge on any atom is -0.465 e. The Kier molecular flexibility index (Phi) is 2.59. The number of nitrogens with zero attached hydrogens (tertiary/aromatic N) is 1. The van der Waals surface area contributed by atoms with E-state index in [1.807, 2.05) is 0 Å². The number of esters is 1. The standard InChI is InChI=1S/C9H8N2O3S/c1-14-9(13)5-2-6-8(11-3-5)15-7(12)4-10-6/h2-3,10H,4H2,1H3. The van der Waals surface area contributed by atoms with Gasteiger partial charge in [0.05, 0.1) is 24.9 Å². The average molecular weight is 224 g/mol. The number of anilines is 1. The molecule has 0 unspecified atom stereocenters. The summed E-state index contributed by atoms with van der Waals surface area (Å²) in [4.78, 5) is 26.3. The summed E-state index contributed by atoms with van der Waals surface area (Å²) in [6.45, 7) is 0.254. The summed E-state index contributed by atoms with van der Waals surface area (Å²) >= 11 is 1.08. The van der Waals surface area contributed by atoms with Crippen LogP contribution in [0.2, 0.25) is 0 Å². The summed E-state index contributed by atoms with van der Waals surface area (Å²) in [5.41, 5.74) is 1.07. The van der Waals surface area contributed by atoms with Gasteiger partial charge in [0.1, 0.15) is 5.03 Å². The first-order chi connectivity index (χ1) is 7.20. The van der Waals surface area contributed by atoms with Gasteiger partial charge in [-0.1, -0.05) is 0 Å². The molecule has 0 saturated heterocycles. The molecule has 0 bridgehead atoms. The SMILES string of the molecule is COC(=O)c1cnc2c(c1)NCC(=O)S2. The predicted octanol–water partition coefficient (Wildman–Crippen LogP) is 0.912. The number of carbonyl (C=O) groups is 2. The highest BCUT2D eigenvalue weighted by molar-refractivity contribution is 8.13. The first-order valence-corrected chi connectivity index (χ1v) is 5.05. The van der Waals surface area contributed by atoms with Gasteiger partial charge in [-0.05, 0) is 17.8 Å². The molecule has 0 radical (unpaired) electrons. The molecule has 0 fully saturated rings. The van der Waals surface area contributed by atoms with Crippen molar-refractivity contribution < 1.29 is 14.3 Å². The van der Waals surface area contributed by atoms with Gasteiger partial charge < -0.3 is 10.1 Å². The molecule has 0 aromatic carbocycles. The summed E-state index contributed by atoms with van der Waals surface area (Å²) in [6.07, 6.45) is 1.40. The lowest BCUT2D eigenvalue weighted by molar-refractivity contribution is -0.109. The van der Waals surface area contributed by atoms with Crippen LogP contribution in [-0.4, -0.2) is 29.7 Å². The Balaban J connectivity index is 2.34. The van der Waals surface area contributed by atoms with Gasteiger partial charge in [-0.15, -0.1) is 0 Å². The Morgan fingerprint density at radius 2 is 2.47 bits per heavy atom. The second kappa shape index (κ2) is 3.90. The van der Waals surface area contributed by atoms with E-state index < -0.39 is 5.97 Å². The van der Waals surface area contributed by atoms with E-state index in [2.05, 4.69) is 15.0 Å². The van der Waals surface area contributed by atoms with Crippen molar-refractivity contribution in [2.24, 2.45) is 0 Å². The second-order valence-corrected chi connectivity index (χ2v) is 3.94. The number of aromatic nitrogens is 1. The molecule has 0 saturated carbocycles. The molecule has 1 aromatic rings. The van der Waals surface area contributed by atoms with Crippen molar-refractivity contribution in [3.8, 4) is 0 Å². The number of carbonyl (C=O) groups excluding carboxylic acids is 2. The Hall–Kier alpha value is -1.56. The number of rotatable bonds is 1. The summed E-state index contributed by atoms with van der Waals surface area (Å²) in [6, 6.07) is 1.63. The van der Waals surface area contributed by atoms with Gasteiger partial charge in [0.2, 0.25) is 5.12 Å². The van der Waals surface area contributed by atoms with Crippen LogP contribution in [0.4, 0.5) is 5.69 Å². The normalized spacial score (nSPS) is 14.1. The van der Waals surface area contributed by atoms with Crippen molar-refractivity contribution >= 4 is 28.5 Å². The number of thioether (sulfide) groups is 1. The molecule has 2 heterocycles. The van der Waals surface area contributed by atoms with Crippen molar-refractivity contribution in [2.75, 3.05) is 19.0 Å². The Morgan fingerprint density at radius 3 is 3.20 bits per heavy atom. The Labute approximate surface area is 90.2 Å². The second-order valence-electron chi connectivity index (χ2n) is 2.90. The van der Waals surface area contributed by atoms with E-state index >= 15 is 0 Å². The van der Waals surface area contributed by atoms with Crippen molar-refractivity contribution in [1.29, 1.82) is 0 Å². The zero-order valence-corrected chi connectivity index (χ0v) is 8.76. The fraction of sp³-hybridized carbons (Fsp3) is 0.222. The van der Waals surface area contributed by atoms with E-state index in [4.69, 9.17) is 0 Å². The maximum Gasteiger partial charge on any atom is 0.339 e. The third kappa shape index (κ3) is 1.94. The molecule has 15 heavy (non-hydrogen) atoms. The van der Waals surface area contributed by atoms with Gasteiger partial charge in [0.15, 0.2) is 0 Å². The van der Waals surface area contributed by atoms with Crippen LogP contribution in [0.3, 0.4) is 0 Å². The van der Waals surface area contributed by atoms with Crippen LogP contribution in [-0.2, 0) is 9.53 Å². The minimum absolute atomic E-state index is 0.0146. The number of nitrogens with one attached hydrogen (secondary N) is 1. The fourth-order valence-electron chi connectivity index (χ4n) is 1.20. The van der Waals surface area contributed by atoms with Crippen molar-refractivity contribution in [2.45, 2.75) is 5.03 Å². The van der Waals surface area contributed by atoms with Gasteiger partial charge in [-0.25, -0.2) is 9.78 Å². The zero-order valence-electron chi connectivity index (χ0n) is 7.94. The Bertz CT molecular complexity index is 433. The fourth-order valence-corrected chi connectivity index (χ4v) is 1.91. The molecule has 0 amide bonds. The van der Waals surface area contributed by atoms with Crippen molar-refractivity contribution in [3.05, 3.63) is 17.8 Å². The number of hydrogen-bond donors (Lipinski definition) is 1. The average Bonchev–Trinajstić information content (AvgIpc) is 2.27. The molecule has 1 aliphatic rings. The minimum atomic E-state index is -0.436. The third-order valence-corrected chi connectivity index (χ3v) is 2.80. The van der Waals surface area contributed by atoms with Gasteiger partial charge in [0.25, 0.3) is 0 Å². The lowest BCUT2D eigenvalue weighted by Gasteiger charge is -2.15. The number of pyridine rings is 1. The largest absolute Gasteiger partial charge is 0.465 e. The number of methoxy groups -OCH3 is 1. The van der Waals surface area contributed by atoms with Gasteiger partial charge in [0, 0.05) is 6.20 Å². The van der Waals surface area contributed by atoms with E-state index in [0.717, 1.165) is 11.8 Å². The van der Waals surface area contributed by atoms with Crippen LogP contribution in [0.5, 0.6) is 0 Å². The van der Waals surface area contributed by atoms with Crippen LogP contribution in [0.25, 0.3) is 0 Å². The monoisotopic (exact) mass is 224 g/mol. The molecule has 2 rings (SSSR count). The zero-order chi connectivity index (χ0) is 10.8. The van der Waals surface area contributed by atoms with Gasteiger partial charge in [-0.2, -0.15) is 0 Å². The molecule has 78 valence electrons. The molecule has 6 heteroatoms. The molecule has 0 aliphatic carbocycles. The van der Waals surface area contributed by atoms with Crippen molar-refractivity contribution in [1.82, 2.24) is 4.98 Å². The maximum absolute atomic E-state index is 11.2. The van der Waals surface area contributed by atoms with Gasteiger partial charge >= 0.3 is 5.97 Å². The van der Waals surface area contributed by atoms with E-state index in [1.165, 1.54) is 13.3 Å². The first-order valence-electron chi connectivity index (χ1n) is 4.23. The molecule has 1 N–H and O–H groups in total. The smallest absolute Gasteiger partial charge is 0.339 e. The van der Waals surface area contributed by atoms with E-state index in [9.17, 15) is 9.59 Å². The molecule has 0 atom stereocenters. The number of ether oxygens (including phenoxy) is 1. The first kappa shape index (κ1) is 9.97. The van der Waals surface area contributed by atoms with E-state index in [0.29, 0.717) is 16.3 Å². The third-order valence-electron chi connectivity index (χ3n) is 1.91. The summed E-state index contributed by atoms with van der Waals surface area (Å²) in [5, 5.41) is 3.50. The molecule has 0 spiro atoms. The maximum atomic E-state index is 11.2.